The Balaban J connectivity index is 0.000000809. The van der Waals surface area contributed by atoms with Crippen LogP contribution in [-0.4, -0.2) is 122 Å². The minimum absolute atomic E-state index is 0.0434. The summed E-state index contributed by atoms with van der Waals surface area (Å²) in [4.78, 5) is 120. The molecular formula is C120H161Cl2FO20. The van der Waals surface area contributed by atoms with Gasteiger partial charge in [-0.05, 0) is 363 Å². The number of unbranched alkanes of at least 4 members (excludes halogenated alkanes) is 7. The molecule has 9 rings (SSSR count). The summed E-state index contributed by atoms with van der Waals surface area (Å²) in [5, 5.41) is 1.25. The first-order chi connectivity index (χ1) is 68.0. The number of hydrogen-bond acceptors (Lipinski definition) is 20. The number of carbonyl (C=O) groups is 11. The van der Waals surface area contributed by atoms with E-state index in [1.54, 1.807) is 124 Å². The first-order valence-electron chi connectivity index (χ1n) is 49.9. The summed E-state index contributed by atoms with van der Waals surface area (Å²) in [5.41, 5.74) is 9.43. The van der Waals surface area contributed by atoms with E-state index in [9.17, 15) is 57.1 Å². The number of halogens is 3. The molecule has 0 bridgehead atoms. The highest BCUT2D eigenvalue weighted by atomic mass is 35.5. The van der Waals surface area contributed by atoms with Gasteiger partial charge in [-0.2, -0.15) is 0 Å². The lowest BCUT2D eigenvalue weighted by atomic mass is 9.97. The van der Waals surface area contributed by atoms with Crippen LogP contribution in [0.5, 0.6) is 51.7 Å². The van der Waals surface area contributed by atoms with Crippen molar-refractivity contribution in [3.8, 4) is 51.7 Å². The number of aryl methyl sites for hydroxylation is 7. The highest BCUT2D eigenvalue weighted by Gasteiger charge is 2.29. The largest absolute Gasteiger partial charge is 0.494 e. The van der Waals surface area contributed by atoms with Crippen LogP contribution in [0.25, 0.3) is 0 Å². The van der Waals surface area contributed by atoms with Crippen molar-refractivity contribution in [3.05, 3.63) is 266 Å². The molecule has 0 aromatic heterocycles. The standard InChI is InChI=1S/C20H29ClO3.C15H20O3.3C13H18O2.2C12H16O2.C11H13ClO2.C11H13FO2/c1-16(22)10-8-6-4-5-7-9-11-19(23)20(2,3)24-18-14-12-17(21)13-15-18;1-12(16)7-4-3-5-10-18-15-9-6-8-14(11-15)13(2)17;1-10-6-4-8-13(12(10)3)15-9-5-7-11(2)14;1-10-6-7-13(9-11(10)2)15-8-4-5-12(3)14;1-10-6-7-11(2)13(9-10)15-8-4-5-12(3)14;1-10-5-3-7-12(9-10)14-8-4-6-11(2)13;1-10-6-3-4-8-12(10)14-9-5-7-11(2)13;1-9(13)5-4-8-14-11-7-3-2-6-10(11)12;1-9(13)4-3-7-14-11-6-2-5-10(12)8-11/h12-15H,4-11H2,1-3H3;6,8-9,11H,3-5,7,10H2,1-2H3;4,6,8H,5,7,9H2,1-3H3;2*6-7,9H,4-5,8H2,1-3H3;3,5,7,9H,4,6,8H2,1-2H3;3-4,6,8H,5,7,9H2,1-2H3;2-3,6-7H,4-5,8H2,1H3;2,5-6,8H,3-4,7H2,1H3. The molecule has 0 heterocycles. The number of ether oxygens (including phenoxy) is 9. The van der Waals surface area contributed by atoms with Crippen LogP contribution in [0.15, 0.2) is 200 Å². The molecule has 0 amide bonds. The van der Waals surface area contributed by atoms with E-state index in [0.717, 1.165) is 142 Å². The molecule has 0 unspecified atom stereocenters. The third-order valence-corrected chi connectivity index (χ3v) is 21.9. The Morgan fingerprint density at radius 1 is 0.259 bits per heavy atom. The first kappa shape index (κ1) is 129. The molecule has 0 saturated heterocycles. The summed E-state index contributed by atoms with van der Waals surface area (Å²) >= 11 is 11.7. The van der Waals surface area contributed by atoms with E-state index in [4.69, 9.17) is 65.8 Å². The van der Waals surface area contributed by atoms with Crippen molar-refractivity contribution in [2.24, 2.45) is 0 Å². The number of ketones is 11. The molecule has 0 atom stereocenters. The van der Waals surface area contributed by atoms with Crippen LogP contribution < -0.4 is 42.6 Å². The van der Waals surface area contributed by atoms with Crippen LogP contribution in [0, 0.1) is 61.2 Å². The molecule has 0 aliphatic rings. The van der Waals surface area contributed by atoms with Crippen molar-refractivity contribution < 1.29 is 99.8 Å². The lowest BCUT2D eigenvalue weighted by molar-refractivity contribution is -0.132. The van der Waals surface area contributed by atoms with Gasteiger partial charge in [-0.1, -0.05) is 140 Å². The molecule has 9 aromatic rings. The second kappa shape index (κ2) is 78.6. The van der Waals surface area contributed by atoms with Gasteiger partial charge in [-0.3, -0.25) is 9.59 Å². The van der Waals surface area contributed by atoms with E-state index in [0.29, 0.717) is 156 Å². The summed E-state index contributed by atoms with van der Waals surface area (Å²) in [6.07, 6.45) is 20.4. The highest BCUT2D eigenvalue weighted by molar-refractivity contribution is 6.32. The fourth-order valence-electron chi connectivity index (χ4n) is 12.8. The van der Waals surface area contributed by atoms with Crippen LogP contribution in [0.3, 0.4) is 0 Å². The molecule has 0 fully saturated rings. The SMILES string of the molecule is CC(=O)CCCCCCCCC(=O)C(C)(C)Oc1ccc(Cl)cc1.CC(=O)CCCCCOc1cccc(C(C)=O)c1.CC(=O)CCCOc1cc(C)ccc1C.CC(=O)CCCOc1ccc(C)c(C)c1.CC(=O)CCCOc1cccc(C)c1.CC(=O)CCCOc1cccc(C)c1C.CC(=O)CCCOc1cccc(F)c1.CC(=O)CCCOc1ccccc1C.CC(=O)CCCOc1ccccc1Cl. The molecule has 143 heavy (non-hydrogen) atoms. The van der Waals surface area contributed by atoms with Gasteiger partial charge in [-0.15, -0.1) is 0 Å². The van der Waals surface area contributed by atoms with Crippen molar-refractivity contribution in [2.45, 2.75) is 311 Å². The molecule has 23 heteroatoms. The Morgan fingerprint density at radius 3 is 1.05 bits per heavy atom. The van der Waals surface area contributed by atoms with Crippen molar-refractivity contribution in [1.29, 1.82) is 0 Å². The smallest absolute Gasteiger partial charge is 0.175 e. The molecule has 20 nitrogen and oxygen atoms in total. The maximum Gasteiger partial charge on any atom is 0.175 e. The Labute approximate surface area is 863 Å². The van der Waals surface area contributed by atoms with Gasteiger partial charge in [0.05, 0.1) is 57.9 Å². The lowest BCUT2D eigenvalue weighted by Crippen LogP contribution is -2.38. The molecule has 0 radical (unpaired) electrons. The van der Waals surface area contributed by atoms with Gasteiger partial charge in [0.1, 0.15) is 110 Å². The quantitative estimate of drug-likeness (QED) is 0.0253. The molecule has 0 aliphatic heterocycles. The third-order valence-electron chi connectivity index (χ3n) is 21.4. The average Bonchev–Trinajstić information content (AvgIpc) is 0.851. The molecule has 782 valence electrons. The summed E-state index contributed by atoms with van der Waals surface area (Å²) in [7, 11) is 0. The maximum absolute atomic E-state index is 12.7. The van der Waals surface area contributed by atoms with Crippen molar-refractivity contribution >= 4 is 86.8 Å². The van der Waals surface area contributed by atoms with Crippen molar-refractivity contribution in [2.75, 3.05) is 52.9 Å². The molecular weight excluding hydrogens is 1850 g/mol. The number of para-hydroxylation sites is 2. The summed E-state index contributed by atoms with van der Waals surface area (Å²) < 4.78 is 62.5. The Morgan fingerprint density at radius 2 is 0.594 bits per heavy atom. The minimum Gasteiger partial charge on any atom is -0.494 e. The van der Waals surface area contributed by atoms with Gasteiger partial charge < -0.3 is 85.8 Å². The van der Waals surface area contributed by atoms with E-state index in [1.807, 2.05) is 151 Å². The second-order valence-corrected chi connectivity index (χ2v) is 36.9. The minimum atomic E-state index is -0.824. The fraction of sp³-hybridized carbons (Fsp3) is 0.458. The number of hydrogen-bond donors (Lipinski definition) is 0. The number of carbonyl (C=O) groups excluding carboxylic acids is 11. The summed E-state index contributed by atoms with van der Waals surface area (Å²) in [6, 6.07) is 61.6. The van der Waals surface area contributed by atoms with Crippen LogP contribution >= 0.6 is 23.2 Å². The number of benzene rings is 9. The van der Waals surface area contributed by atoms with E-state index in [1.165, 1.54) is 45.5 Å². The monoisotopic (exact) mass is 2010 g/mol. The van der Waals surface area contributed by atoms with Gasteiger partial charge in [0.15, 0.2) is 17.2 Å². The zero-order valence-corrected chi connectivity index (χ0v) is 90.4. The number of rotatable bonds is 55. The Kier molecular flexibility index (Phi) is 70.9. The first-order valence-corrected chi connectivity index (χ1v) is 50.6. The van der Waals surface area contributed by atoms with Crippen LogP contribution in [0.2, 0.25) is 10.0 Å². The van der Waals surface area contributed by atoms with E-state index in [-0.39, 0.29) is 69.4 Å². The average molecular weight is 2010 g/mol. The van der Waals surface area contributed by atoms with E-state index >= 15 is 0 Å². The van der Waals surface area contributed by atoms with Crippen molar-refractivity contribution in [1.82, 2.24) is 0 Å². The van der Waals surface area contributed by atoms with Gasteiger partial charge in [-0.25, -0.2) is 4.39 Å². The van der Waals surface area contributed by atoms with Gasteiger partial charge in [0.2, 0.25) is 0 Å². The zero-order chi connectivity index (χ0) is 107. The number of Topliss-reactive ketones (excluding diaryl/α,β-unsaturated/α-hetero) is 11. The van der Waals surface area contributed by atoms with Crippen LogP contribution in [0.4, 0.5) is 4.39 Å². The normalized spacial score (nSPS) is 10.2. The third kappa shape index (κ3) is 70.4. The van der Waals surface area contributed by atoms with Gasteiger partial charge in [0.25, 0.3) is 0 Å². The van der Waals surface area contributed by atoms with Crippen LogP contribution in [0.1, 0.15) is 305 Å². The van der Waals surface area contributed by atoms with Crippen LogP contribution in [-0.2, 0) is 47.9 Å². The Bertz CT molecular complexity index is 5070. The predicted molar refractivity (Wildman–Crippen MR) is 576 cm³/mol. The molecule has 0 aliphatic carbocycles. The zero-order valence-electron chi connectivity index (χ0n) is 88.9. The van der Waals surface area contributed by atoms with E-state index in [2.05, 4.69) is 52.0 Å². The molecule has 0 saturated carbocycles. The van der Waals surface area contributed by atoms with Crippen molar-refractivity contribution in [3.63, 3.8) is 0 Å². The second-order valence-electron chi connectivity index (χ2n) is 36.0. The van der Waals surface area contributed by atoms with E-state index < -0.39 is 5.60 Å². The molecule has 9 aromatic carbocycles. The van der Waals surface area contributed by atoms with Gasteiger partial charge in [0, 0.05) is 80.9 Å². The summed E-state index contributed by atoms with van der Waals surface area (Å²) in [5.74, 6) is 8.92. The lowest BCUT2D eigenvalue weighted by Gasteiger charge is -2.25. The Hall–Kier alpha value is -11.9. The summed E-state index contributed by atoms with van der Waals surface area (Å²) in [6.45, 7) is 40.6. The predicted octanol–water partition coefficient (Wildman–Crippen LogP) is 29.5. The highest BCUT2D eigenvalue weighted by Crippen LogP contribution is 2.28. The molecule has 0 spiro atoms. The molecule has 0 N–H and O–H groups in total. The topological polar surface area (TPSA) is 271 Å². The van der Waals surface area contributed by atoms with Gasteiger partial charge >= 0.3 is 0 Å². The fourth-order valence-corrected chi connectivity index (χ4v) is 13.1. The maximum atomic E-state index is 12.7.